The van der Waals surface area contributed by atoms with E-state index in [1.807, 2.05) is 18.2 Å². The summed E-state index contributed by atoms with van der Waals surface area (Å²) < 4.78 is 6.16. The Balaban J connectivity index is 2.29. The molecule has 106 valence electrons. The molecule has 2 atom stereocenters. The molecule has 1 aromatic rings. The Hall–Kier alpha value is -0.730. The normalized spacial score (nSPS) is 22.8. The maximum Gasteiger partial charge on any atom is 0.124 e. The van der Waals surface area contributed by atoms with Crippen LogP contribution in [0.4, 0.5) is 0 Å². The Bertz CT molecular complexity index is 439. The largest absolute Gasteiger partial charge is 0.489 e. The molecule has 19 heavy (non-hydrogen) atoms. The van der Waals surface area contributed by atoms with Gasteiger partial charge in [0, 0.05) is 23.0 Å². The Morgan fingerprint density at radius 3 is 2.74 bits per heavy atom. The first-order chi connectivity index (χ1) is 8.91. The van der Waals surface area contributed by atoms with Crippen molar-refractivity contribution in [2.75, 3.05) is 6.54 Å². The predicted octanol–water partition coefficient (Wildman–Crippen LogP) is 4.58. The second-order valence-corrected chi connectivity index (χ2v) is 6.83. The molecule has 2 nitrogen and oxygen atoms in total. The summed E-state index contributed by atoms with van der Waals surface area (Å²) in [6.07, 6.45) is 2.36. The van der Waals surface area contributed by atoms with Gasteiger partial charge in [0.05, 0.1) is 0 Å². The van der Waals surface area contributed by atoms with Gasteiger partial charge < -0.3 is 10.1 Å². The molecular formula is C16H24ClNO. The van der Waals surface area contributed by atoms with Crippen LogP contribution in [0.25, 0.3) is 0 Å². The van der Waals surface area contributed by atoms with Crippen LogP contribution in [0.2, 0.25) is 5.02 Å². The molecule has 0 bridgehead atoms. The lowest BCUT2D eigenvalue weighted by Crippen LogP contribution is -2.40. The van der Waals surface area contributed by atoms with Crippen LogP contribution in [0.1, 0.15) is 52.1 Å². The maximum absolute atomic E-state index is 6.16. The van der Waals surface area contributed by atoms with E-state index < -0.39 is 0 Å². The van der Waals surface area contributed by atoms with Crippen LogP contribution in [-0.2, 0) is 0 Å². The predicted molar refractivity (Wildman–Crippen MR) is 81.0 cm³/mol. The van der Waals surface area contributed by atoms with Crippen LogP contribution in [0.15, 0.2) is 18.2 Å². The quantitative estimate of drug-likeness (QED) is 0.876. The molecule has 3 heteroatoms. The van der Waals surface area contributed by atoms with Crippen molar-refractivity contribution in [3.63, 3.8) is 0 Å². The SMILES string of the molecule is CCCNC1CC(C(C)(C)C)Oc2ccc(Cl)cc21. The van der Waals surface area contributed by atoms with E-state index in [1.54, 1.807) is 0 Å². The first-order valence-electron chi connectivity index (χ1n) is 7.11. The molecule has 0 aromatic heterocycles. The zero-order chi connectivity index (χ0) is 14.0. The Morgan fingerprint density at radius 1 is 1.37 bits per heavy atom. The van der Waals surface area contributed by atoms with Crippen LogP contribution < -0.4 is 10.1 Å². The van der Waals surface area contributed by atoms with Gasteiger partial charge in [-0.3, -0.25) is 0 Å². The summed E-state index contributed by atoms with van der Waals surface area (Å²) in [6, 6.07) is 6.27. The van der Waals surface area contributed by atoms with Crippen molar-refractivity contribution in [2.45, 2.75) is 52.7 Å². The highest BCUT2D eigenvalue weighted by atomic mass is 35.5. The summed E-state index contributed by atoms with van der Waals surface area (Å²) in [4.78, 5) is 0. The highest BCUT2D eigenvalue weighted by Crippen LogP contribution is 2.41. The number of nitrogens with one attached hydrogen (secondary N) is 1. The molecule has 1 heterocycles. The van der Waals surface area contributed by atoms with Crippen LogP contribution in [-0.4, -0.2) is 12.6 Å². The number of fused-ring (bicyclic) bond motifs is 1. The van der Waals surface area contributed by atoms with E-state index in [0.29, 0.717) is 6.04 Å². The molecule has 0 saturated carbocycles. The Kier molecular flexibility index (Phi) is 4.42. The van der Waals surface area contributed by atoms with Crippen molar-refractivity contribution in [2.24, 2.45) is 5.41 Å². The van der Waals surface area contributed by atoms with E-state index in [9.17, 15) is 0 Å². The van der Waals surface area contributed by atoms with Gasteiger partial charge in [0.25, 0.3) is 0 Å². The molecular weight excluding hydrogens is 258 g/mol. The molecule has 0 spiro atoms. The van der Waals surface area contributed by atoms with Crippen molar-refractivity contribution in [1.82, 2.24) is 5.32 Å². The minimum atomic E-state index is 0.142. The van der Waals surface area contributed by atoms with Gasteiger partial charge in [0.15, 0.2) is 0 Å². The molecule has 0 amide bonds. The zero-order valence-electron chi connectivity index (χ0n) is 12.3. The van der Waals surface area contributed by atoms with Gasteiger partial charge in [-0.05, 0) is 36.6 Å². The summed E-state index contributed by atoms with van der Waals surface area (Å²) in [5.41, 5.74) is 1.34. The van der Waals surface area contributed by atoms with Crippen LogP contribution in [0.5, 0.6) is 5.75 Å². The van der Waals surface area contributed by atoms with Gasteiger partial charge in [0.1, 0.15) is 11.9 Å². The van der Waals surface area contributed by atoms with Crippen LogP contribution in [0, 0.1) is 5.41 Å². The highest BCUT2D eigenvalue weighted by Gasteiger charge is 2.35. The smallest absolute Gasteiger partial charge is 0.124 e. The molecule has 1 aromatic carbocycles. The molecule has 0 radical (unpaired) electrons. The summed E-state index contributed by atoms with van der Waals surface area (Å²) in [5, 5.41) is 4.40. The summed E-state index contributed by atoms with van der Waals surface area (Å²) in [7, 11) is 0. The van der Waals surface area contributed by atoms with Gasteiger partial charge in [-0.1, -0.05) is 39.3 Å². The third-order valence-electron chi connectivity index (χ3n) is 3.67. The van der Waals surface area contributed by atoms with Gasteiger partial charge in [-0.15, -0.1) is 0 Å². The summed E-state index contributed by atoms with van der Waals surface area (Å²) in [5.74, 6) is 0.976. The van der Waals surface area contributed by atoms with E-state index in [-0.39, 0.29) is 11.5 Å². The van der Waals surface area contributed by atoms with Crippen LogP contribution in [0.3, 0.4) is 0 Å². The van der Waals surface area contributed by atoms with Gasteiger partial charge >= 0.3 is 0 Å². The fraction of sp³-hybridized carbons (Fsp3) is 0.625. The van der Waals surface area contributed by atoms with Crippen molar-refractivity contribution in [3.05, 3.63) is 28.8 Å². The zero-order valence-corrected chi connectivity index (χ0v) is 13.1. The summed E-state index contributed by atoms with van der Waals surface area (Å²) >= 11 is 6.12. The number of ether oxygens (including phenoxy) is 1. The molecule has 2 rings (SSSR count). The third-order valence-corrected chi connectivity index (χ3v) is 3.91. The number of hydrogen-bond donors (Lipinski definition) is 1. The van der Waals surface area contributed by atoms with Gasteiger partial charge in [-0.25, -0.2) is 0 Å². The van der Waals surface area contributed by atoms with Gasteiger partial charge in [0.2, 0.25) is 0 Å². The van der Waals surface area contributed by atoms with E-state index in [2.05, 4.69) is 33.0 Å². The van der Waals surface area contributed by atoms with E-state index in [0.717, 1.165) is 30.2 Å². The molecule has 1 N–H and O–H groups in total. The van der Waals surface area contributed by atoms with Crippen molar-refractivity contribution in [3.8, 4) is 5.75 Å². The first kappa shape index (κ1) is 14.7. The second kappa shape index (κ2) is 5.72. The third kappa shape index (κ3) is 3.43. The van der Waals surface area contributed by atoms with Crippen molar-refractivity contribution in [1.29, 1.82) is 0 Å². The molecule has 0 saturated heterocycles. The number of hydrogen-bond acceptors (Lipinski definition) is 2. The topological polar surface area (TPSA) is 21.3 Å². The Labute approximate surface area is 121 Å². The highest BCUT2D eigenvalue weighted by molar-refractivity contribution is 6.30. The number of halogens is 1. The first-order valence-corrected chi connectivity index (χ1v) is 7.49. The average Bonchev–Trinajstić information content (AvgIpc) is 2.34. The lowest BCUT2D eigenvalue weighted by Gasteiger charge is -2.39. The standard InChI is InChI=1S/C16H24ClNO/c1-5-8-18-13-10-15(16(2,3)4)19-14-7-6-11(17)9-12(13)14/h6-7,9,13,15,18H,5,8,10H2,1-4H3. The molecule has 0 aliphatic carbocycles. The number of benzene rings is 1. The monoisotopic (exact) mass is 281 g/mol. The molecule has 1 aliphatic heterocycles. The average molecular weight is 282 g/mol. The fourth-order valence-corrected chi connectivity index (χ4v) is 2.66. The Morgan fingerprint density at radius 2 is 2.11 bits per heavy atom. The minimum Gasteiger partial charge on any atom is -0.489 e. The lowest BCUT2D eigenvalue weighted by atomic mass is 9.82. The van der Waals surface area contributed by atoms with Gasteiger partial charge in [-0.2, -0.15) is 0 Å². The fourth-order valence-electron chi connectivity index (χ4n) is 2.48. The number of rotatable bonds is 3. The molecule has 1 aliphatic rings. The molecule has 0 fully saturated rings. The van der Waals surface area contributed by atoms with Crippen molar-refractivity contribution < 1.29 is 4.74 Å². The second-order valence-electron chi connectivity index (χ2n) is 6.40. The van der Waals surface area contributed by atoms with E-state index in [4.69, 9.17) is 16.3 Å². The molecule has 2 unspecified atom stereocenters. The lowest BCUT2D eigenvalue weighted by molar-refractivity contribution is 0.0529. The van der Waals surface area contributed by atoms with Crippen molar-refractivity contribution >= 4 is 11.6 Å². The minimum absolute atomic E-state index is 0.142. The van der Waals surface area contributed by atoms with E-state index >= 15 is 0 Å². The maximum atomic E-state index is 6.16. The summed E-state index contributed by atoms with van der Waals surface area (Å²) in [6.45, 7) is 9.90. The van der Waals surface area contributed by atoms with E-state index in [1.165, 1.54) is 5.56 Å². The van der Waals surface area contributed by atoms with Crippen LogP contribution >= 0.6 is 11.6 Å².